The van der Waals surface area contributed by atoms with E-state index in [1.54, 1.807) is 18.2 Å². The third-order valence-electron chi connectivity index (χ3n) is 5.41. The number of hydrogen-bond donors (Lipinski definition) is 4. The lowest BCUT2D eigenvalue weighted by atomic mass is 10.1. The molecule has 4 heterocycles. The highest BCUT2D eigenvalue weighted by atomic mass is 32.2. The Hall–Kier alpha value is -3.43. The molecule has 0 aliphatic carbocycles. The van der Waals surface area contributed by atoms with Crippen LogP contribution in [-0.4, -0.2) is 63.0 Å². The topological polar surface area (TPSA) is 196 Å². The maximum Gasteiger partial charge on any atom is 0.247 e. The number of aliphatic hydroxyl groups excluding tert-OH is 2. The van der Waals surface area contributed by atoms with Crippen LogP contribution in [0, 0.1) is 0 Å². The number of benzene rings is 1. The summed E-state index contributed by atoms with van der Waals surface area (Å²) >= 11 is 0. The Morgan fingerprint density at radius 2 is 1.94 bits per heavy atom. The van der Waals surface area contributed by atoms with E-state index >= 15 is 0 Å². The van der Waals surface area contributed by atoms with Crippen molar-refractivity contribution in [2.24, 2.45) is 0 Å². The van der Waals surface area contributed by atoms with Gasteiger partial charge in [-0.1, -0.05) is 12.1 Å². The SMILES string of the molecule is Nc1ncnc2c1ncn2[C@@H]1O[C@H](CNS(=O)(=O)c2coc3ccccc3c2=O)C(O)C1O. The average Bonchev–Trinajstić information content (AvgIpc) is 3.35. The van der Waals surface area contributed by atoms with Gasteiger partial charge in [0, 0.05) is 6.54 Å². The van der Waals surface area contributed by atoms with Crippen LogP contribution in [0.3, 0.4) is 0 Å². The van der Waals surface area contributed by atoms with Gasteiger partial charge in [0.15, 0.2) is 22.6 Å². The number of rotatable bonds is 5. The van der Waals surface area contributed by atoms with Crippen LogP contribution in [-0.2, 0) is 14.8 Å². The highest BCUT2D eigenvalue weighted by Crippen LogP contribution is 2.31. The summed E-state index contributed by atoms with van der Waals surface area (Å²) in [6.07, 6.45) is -1.71. The molecule has 13 nitrogen and oxygen atoms in total. The Bertz CT molecular complexity index is 1520. The zero-order valence-electron chi connectivity index (χ0n) is 16.8. The van der Waals surface area contributed by atoms with Gasteiger partial charge < -0.3 is 25.1 Å². The molecule has 5 rings (SSSR count). The third-order valence-corrected chi connectivity index (χ3v) is 6.82. The van der Waals surface area contributed by atoms with E-state index in [2.05, 4.69) is 19.7 Å². The number of fused-ring (bicyclic) bond motifs is 2. The normalized spacial score (nSPS) is 23.5. The quantitative estimate of drug-likeness (QED) is 0.280. The maximum absolute atomic E-state index is 12.7. The Kier molecular flexibility index (Phi) is 5.10. The molecule has 4 atom stereocenters. The number of anilines is 1. The van der Waals surface area contributed by atoms with E-state index in [1.807, 2.05) is 0 Å². The molecule has 1 saturated heterocycles. The van der Waals surface area contributed by atoms with E-state index in [-0.39, 0.29) is 28.0 Å². The molecule has 2 unspecified atom stereocenters. The van der Waals surface area contributed by atoms with Crippen molar-refractivity contribution in [3.63, 3.8) is 0 Å². The number of hydrogen-bond acceptors (Lipinski definition) is 11. The molecular weight excluding hydrogens is 456 g/mol. The van der Waals surface area contributed by atoms with Crippen LogP contribution in [0.25, 0.3) is 22.1 Å². The molecule has 1 aliphatic heterocycles. The number of nitrogens with two attached hydrogens (primary N) is 1. The summed E-state index contributed by atoms with van der Waals surface area (Å²) in [6.45, 7) is -0.424. The largest absolute Gasteiger partial charge is 0.463 e. The lowest BCUT2D eigenvalue weighted by Crippen LogP contribution is -2.40. The second kappa shape index (κ2) is 7.86. The number of nitrogens with zero attached hydrogens (tertiary/aromatic N) is 4. The fourth-order valence-electron chi connectivity index (χ4n) is 3.70. The molecule has 172 valence electrons. The summed E-state index contributed by atoms with van der Waals surface area (Å²) in [4.78, 5) is 24.0. The van der Waals surface area contributed by atoms with Crippen molar-refractivity contribution < 1.29 is 27.8 Å². The van der Waals surface area contributed by atoms with Crippen LogP contribution in [0.1, 0.15) is 6.23 Å². The molecule has 0 amide bonds. The predicted molar refractivity (Wildman–Crippen MR) is 113 cm³/mol. The number of para-hydroxylation sites is 1. The molecule has 4 aromatic rings. The van der Waals surface area contributed by atoms with E-state index in [0.29, 0.717) is 0 Å². The predicted octanol–water partition coefficient (Wildman–Crippen LogP) is -0.887. The van der Waals surface area contributed by atoms with Crippen LogP contribution in [0.2, 0.25) is 0 Å². The molecule has 0 saturated carbocycles. The number of aromatic nitrogens is 4. The molecular formula is C19H18N6O7S. The van der Waals surface area contributed by atoms with Crippen molar-refractivity contribution in [2.45, 2.75) is 29.4 Å². The summed E-state index contributed by atoms with van der Waals surface area (Å²) in [5.41, 5.74) is 5.85. The molecule has 1 fully saturated rings. The first-order valence-electron chi connectivity index (χ1n) is 9.73. The van der Waals surface area contributed by atoms with Gasteiger partial charge in [-0.3, -0.25) is 9.36 Å². The highest BCUT2D eigenvalue weighted by Gasteiger charge is 2.44. The maximum atomic E-state index is 12.7. The first kappa shape index (κ1) is 21.4. The van der Waals surface area contributed by atoms with Crippen molar-refractivity contribution in [3.8, 4) is 0 Å². The lowest BCUT2D eigenvalue weighted by molar-refractivity contribution is -0.0330. The smallest absolute Gasteiger partial charge is 0.247 e. The Balaban J connectivity index is 1.37. The van der Waals surface area contributed by atoms with Crippen molar-refractivity contribution >= 4 is 38.0 Å². The minimum Gasteiger partial charge on any atom is -0.463 e. The minimum absolute atomic E-state index is 0.112. The number of sulfonamides is 1. The first-order chi connectivity index (χ1) is 15.8. The number of nitrogens with one attached hydrogen (secondary N) is 1. The zero-order chi connectivity index (χ0) is 23.3. The van der Waals surface area contributed by atoms with E-state index in [0.717, 1.165) is 6.26 Å². The second-order valence-electron chi connectivity index (χ2n) is 7.41. The monoisotopic (exact) mass is 474 g/mol. The first-order valence-corrected chi connectivity index (χ1v) is 11.2. The molecule has 5 N–H and O–H groups in total. The molecule has 1 aliphatic rings. The molecule has 0 spiro atoms. The van der Waals surface area contributed by atoms with Crippen LogP contribution in [0.5, 0.6) is 0 Å². The van der Waals surface area contributed by atoms with Gasteiger partial charge in [0.2, 0.25) is 15.5 Å². The van der Waals surface area contributed by atoms with Crippen molar-refractivity contribution in [3.05, 3.63) is 53.4 Å². The molecule has 0 bridgehead atoms. The van der Waals surface area contributed by atoms with Gasteiger partial charge in [0.1, 0.15) is 42.0 Å². The van der Waals surface area contributed by atoms with Gasteiger partial charge in [-0.05, 0) is 12.1 Å². The second-order valence-corrected chi connectivity index (χ2v) is 9.14. The average molecular weight is 474 g/mol. The molecule has 3 aromatic heterocycles. The van der Waals surface area contributed by atoms with Gasteiger partial charge in [-0.2, -0.15) is 0 Å². The number of ether oxygens (including phenoxy) is 1. The summed E-state index contributed by atoms with van der Waals surface area (Å²) in [7, 11) is -4.31. The lowest BCUT2D eigenvalue weighted by Gasteiger charge is -2.16. The Morgan fingerprint density at radius 3 is 2.76 bits per heavy atom. The van der Waals surface area contributed by atoms with E-state index in [4.69, 9.17) is 14.9 Å². The standard InChI is InChI=1S/C19H18N6O7S/c20-17-13-18(22-7-21-17)25(8-23-13)19-16(28)15(27)11(32-19)5-24-33(29,30)12-6-31-10-4-2-1-3-9(10)14(12)26/h1-4,6-8,11,15-16,19,24,27-28H,5H2,(H2,20,21,22)/t11-,15?,16?,19-/m1/s1. The Morgan fingerprint density at radius 1 is 1.15 bits per heavy atom. The minimum atomic E-state index is -4.31. The molecule has 1 aromatic carbocycles. The number of aliphatic hydroxyl groups is 2. The molecule has 0 radical (unpaired) electrons. The van der Waals surface area contributed by atoms with Crippen molar-refractivity contribution in [1.82, 2.24) is 24.2 Å². The zero-order valence-corrected chi connectivity index (χ0v) is 17.6. The fourth-order valence-corrected chi connectivity index (χ4v) is 4.77. The van der Waals surface area contributed by atoms with Crippen LogP contribution in [0.4, 0.5) is 5.82 Å². The Labute approximate surface area is 185 Å². The number of nitrogen functional groups attached to an aromatic ring is 1. The summed E-state index contributed by atoms with van der Waals surface area (Å²) in [5, 5.41) is 21.0. The van der Waals surface area contributed by atoms with Gasteiger partial charge >= 0.3 is 0 Å². The molecule has 33 heavy (non-hydrogen) atoms. The van der Waals surface area contributed by atoms with Crippen LogP contribution in [0.15, 0.2) is 57.3 Å². The van der Waals surface area contributed by atoms with Crippen LogP contribution >= 0.6 is 0 Å². The summed E-state index contributed by atoms with van der Waals surface area (Å²) in [5.74, 6) is 0.130. The summed E-state index contributed by atoms with van der Waals surface area (Å²) in [6, 6.07) is 6.24. The van der Waals surface area contributed by atoms with Crippen LogP contribution < -0.4 is 15.9 Å². The third kappa shape index (κ3) is 3.53. The van der Waals surface area contributed by atoms with E-state index in [1.165, 1.54) is 23.3 Å². The van der Waals surface area contributed by atoms with Crippen molar-refractivity contribution in [1.29, 1.82) is 0 Å². The summed E-state index contributed by atoms with van der Waals surface area (Å²) < 4.78 is 40.1. The van der Waals surface area contributed by atoms with Gasteiger partial charge in [0.25, 0.3) is 0 Å². The molecule has 14 heteroatoms. The van der Waals surface area contributed by atoms with E-state index < -0.39 is 51.4 Å². The van der Waals surface area contributed by atoms with Gasteiger partial charge in [-0.25, -0.2) is 28.1 Å². The van der Waals surface area contributed by atoms with Gasteiger partial charge in [0.05, 0.1) is 11.7 Å². The fraction of sp³-hybridized carbons (Fsp3) is 0.263. The van der Waals surface area contributed by atoms with Crippen molar-refractivity contribution in [2.75, 3.05) is 12.3 Å². The van der Waals surface area contributed by atoms with Gasteiger partial charge in [-0.15, -0.1) is 0 Å². The highest BCUT2D eigenvalue weighted by molar-refractivity contribution is 7.89. The number of imidazole rings is 1. The van der Waals surface area contributed by atoms with E-state index in [9.17, 15) is 23.4 Å².